The van der Waals surface area contributed by atoms with Crippen LogP contribution in [0.1, 0.15) is 50.7 Å². The molecule has 2 rings (SSSR count). The van der Waals surface area contributed by atoms with Gasteiger partial charge in [-0.25, -0.2) is 4.98 Å². The van der Waals surface area contributed by atoms with Crippen molar-refractivity contribution in [1.82, 2.24) is 4.98 Å². The van der Waals surface area contributed by atoms with Crippen molar-refractivity contribution in [2.24, 2.45) is 0 Å². The van der Waals surface area contributed by atoms with Gasteiger partial charge < -0.3 is 4.74 Å². The Hall–Kier alpha value is -2.21. The molecule has 2 aromatic rings. The number of hydrogen-bond donors (Lipinski definition) is 1. The number of Topliss-reactive ketones (excluding diaryl/α,β-unsaturated/α-hetero) is 1. The van der Waals surface area contributed by atoms with Gasteiger partial charge in [0.15, 0.2) is 17.0 Å². The van der Waals surface area contributed by atoms with Crippen LogP contribution < -0.4 is 10.1 Å². The summed E-state index contributed by atoms with van der Waals surface area (Å²) in [4.78, 5) is 28.1. The summed E-state index contributed by atoms with van der Waals surface area (Å²) in [7, 11) is 0. The number of aromatic nitrogens is 1. The number of rotatable bonds is 5. The lowest BCUT2D eigenvalue weighted by atomic mass is 9.93. The molecule has 1 amide bonds. The van der Waals surface area contributed by atoms with Gasteiger partial charge in [0.1, 0.15) is 5.75 Å². The number of ether oxygens (including phenoxy) is 1. The number of amides is 1. The molecule has 24 heavy (non-hydrogen) atoms. The molecule has 1 unspecified atom stereocenters. The third-order valence-corrected chi connectivity index (χ3v) is 4.18. The van der Waals surface area contributed by atoms with E-state index in [9.17, 15) is 9.59 Å². The van der Waals surface area contributed by atoms with E-state index in [1.807, 2.05) is 5.38 Å². The third kappa shape index (κ3) is 4.64. The lowest BCUT2D eigenvalue weighted by Crippen LogP contribution is -2.30. The van der Waals surface area contributed by atoms with Gasteiger partial charge in [-0.05, 0) is 26.0 Å². The number of carbonyl (C=O) groups is 2. The highest BCUT2D eigenvalue weighted by Gasteiger charge is 2.20. The second-order valence-electron chi connectivity index (χ2n) is 6.62. The predicted octanol–water partition coefficient (Wildman–Crippen LogP) is 4.05. The molecular weight excluding hydrogens is 324 g/mol. The van der Waals surface area contributed by atoms with E-state index in [1.54, 1.807) is 31.2 Å². The highest BCUT2D eigenvalue weighted by Crippen LogP contribution is 2.26. The first-order chi connectivity index (χ1) is 11.2. The van der Waals surface area contributed by atoms with Crippen LogP contribution in [0.25, 0.3) is 0 Å². The molecule has 0 bridgehead atoms. The van der Waals surface area contributed by atoms with Crippen LogP contribution in [0.3, 0.4) is 0 Å². The number of carbonyl (C=O) groups excluding carboxylic acids is 2. The normalized spacial score (nSPS) is 12.5. The lowest BCUT2D eigenvalue weighted by molar-refractivity contribution is -0.122. The number of thiazole rings is 1. The van der Waals surface area contributed by atoms with Crippen molar-refractivity contribution in [3.63, 3.8) is 0 Å². The van der Waals surface area contributed by atoms with Crippen LogP contribution in [0.4, 0.5) is 5.13 Å². The minimum atomic E-state index is -0.700. The summed E-state index contributed by atoms with van der Waals surface area (Å²) >= 11 is 1.39. The zero-order chi connectivity index (χ0) is 17.9. The molecule has 1 aromatic heterocycles. The van der Waals surface area contributed by atoms with Crippen molar-refractivity contribution in [2.45, 2.75) is 46.1 Å². The van der Waals surface area contributed by atoms with E-state index in [-0.39, 0.29) is 17.1 Å². The number of nitrogens with zero attached hydrogens (tertiary/aromatic N) is 1. The van der Waals surface area contributed by atoms with Crippen molar-refractivity contribution in [2.75, 3.05) is 5.32 Å². The van der Waals surface area contributed by atoms with Crippen molar-refractivity contribution in [3.8, 4) is 5.75 Å². The molecule has 0 aliphatic rings. The van der Waals surface area contributed by atoms with Gasteiger partial charge in [-0.15, -0.1) is 11.3 Å². The summed E-state index contributed by atoms with van der Waals surface area (Å²) in [5, 5.41) is 5.26. The van der Waals surface area contributed by atoms with Crippen molar-refractivity contribution < 1.29 is 14.3 Å². The maximum Gasteiger partial charge on any atom is 0.266 e. The number of nitrogens with one attached hydrogen (secondary N) is 1. The van der Waals surface area contributed by atoms with Crippen LogP contribution in [-0.2, 0) is 10.2 Å². The quantitative estimate of drug-likeness (QED) is 0.829. The van der Waals surface area contributed by atoms with E-state index in [1.165, 1.54) is 18.3 Å². The second kappa shape index (κ2) is 7.13. The van der Waals surface area contributed by atoms with Crippen LogP contribution >= 0.6 is 11.3 Å². The van der Waals surface area contributed by atoms with E-state index in [0.717, 1.165) is 5.69 Å². The molecule has 6 heteroatoms. The van der Waals surface area contributed by atoms with Gasteiger partial charge in [-0.3, -0.25) is 14.9 Å². The molecule has 0 aliphatic heterocycles. The summed E-state index contributed by atoms with van der Waals surface area (Å²) in [6, 6.07) is 6.79. The van der Waals surface area contributed by atoms with Gasteiger partial charge in [0, 0.05) is 16.4 Å². The van der Waals surface area contributed by atoms with Crippen LogP contribution in [0, 0.1) is 0 Å². The number of benzene rings is 1. The maximum atomic E-state index is 12.3. The van der Waals surface area contributed by atoms with Crippen LogP contribution in [0.5, 0.6) is 5.75 Å². The zero-order valence-electron chi connectivity index (χ0n) is 14.5. The molecule has 1 atom stereocenters. The summed E-state index contributed by atoms with van der Waals surface area (Å²) in [5.41, 5.74) is 1.43. The predicted molar refractivity (Wildman–Crippen MR) is 96.0 cm³/mol. The summed E-state index contributed by atoms with van der Waals surface area (Å²) in [5.74, 6) is 0.160. The van der Waals surface area contributed by atoms with Crippen molar-refractivity contribution >= 4 is 28.2 Å². The highest BCUT2D eigenvalue weighted by molar-refractivity contribution is 7.13. The molecule has 0 radical (unpaired) electrons. The Labute approximate surface area is 146 Å². The molecule has 1 N–H and O–H groups in total. The van der Waals surface area contributed by atoms with E-state index in [0.29, 0.717) is 16.4 Å². The fraction of sp³-hybridized carbons (Fsp3) is 0.389. The Morgan fingerprint density at radius 1 is 1.29 bits per heavy atom. The van der Waals surface area contributed by atoms with Gasteiger partial charge in [-0.2, -0.15) is 0 Å². The lowest BCUT2D eigenvalue weighted by Gasteiger charge is -2.15. The molecule has 5 nitrogen and oxygen atoms in total. The van der Waals surface area contributed by atoms with E-state index < -0.39 is 6.10 Å². The molecule has 0 spiro atoms. The molecule has 0 saturated carbocycles. The Bertz CT molecular complexity index is 747. The van der Waals surface area contributed by atoms with Crippen LogP contribution in [-0.4, -0.2) is 22.8 Å². The zero-order valence-corrected chi connectivity index (χ0v) is 15.4. The van der Waals surface area contributed by atoms with Gasteiger partial charge in [0.05, 0.1) is 5.69 Å². The Balaban J connectivity index is 2.01. The molecule has 0 aliphatic carbocycles. The smallest absolute Gasteiger partial charge is 0.266 e. The third-order valence-electron chi connectivity index (χ3n) is 3.43. The summed E-state index contributed by atoms with van der Waals surface area (Å²) in [6.07, 6.45) is -0.700. The first-order valence-electron chi connectivity index (χ1n) is 7.71. The maximum absolute atomic E-state index is 12.3. The minimum absolute atomic E-state index is 0.0463. The largest absolute Gasteiger partial charge is 0.481 e. The topological polar surface area (TPSA) is 68.3 Å². The standard InChI is InChI=1S/C18H22N2O3S/c1-11(21)13-7-6-8-14(9-13)23-12(2)16(22)20-17-19-15(10-24-17)18(3,4)5/h6-10,12H,1-5H3,(H,19,20,22). The van der Waals surface area contributed by atoms with Gasteiger partial charge in [0.25, 0.3) is 5.91 Å². The number of anilines is 1. The number of ketones is 1. The van der Waals surface area contributed by atoms with Crippen molar-refractivity contribution in [1.29, 1.82) is 0 Å². The Morgan fingerprint density at radius 3 is 2.58 bits per heavy atom. The molecule has 0 fully saturated rings. The van der Waals surface area contributed by atoms with Gasteiger partial charge in [-0.1, -0.05) is 32.9 Å². The molecule has 1 heterocycles. The molecule has 128 valence electrons. The first-order valence-corrected chi connectivity index (χ1v) is 8.59. The average molecular weight is 346 g/mol. The molecular formula is C18H22N2O3S. The molecule has 0 saturated heterocycles. The average Bonchev–Trinajstić information content (AvgIpc) is 2.96. The van der Waals surface area contributed by atoms with E-state index in [2.05, 4.69) is 31.1 Å². The summed E-state index contributed by atoms with van der Waals surface area (Å²) < 4.78 is 5.63. The SMILES string of the molecule is CC(=O)c1cccc(OC(C)C(=O)Nc2nc(C(C)(C)C)cs2)c1. The fourth-order valence-corrected chi connectivity index (χ4v) is 2.87. The Morgan fingerprint density at radius 2 is 2.00 bits per heavy atom. The highest BCUT2D eigenvalue weighted by atomic mass is 32.1. The van der Waals surface area contributed by atoms with Crippen molar-refractivity contribution in [3.05, 3.63) is 40.9 Å². The fourth-order valence-electron chi connectivity index (χ4n) is 1.93. The molecule has 1 aromatic carbocycles. The van der Waals surface area contributed by atoms with Gasteiger partial charge in [0.2, 0.25) is 0 Å². The van der Waals surface area contributed by atoms with Crippen LogP contribution in [0.15, 0.2) is 29.6 Å². The second-order valence-corrected chi connectivity index (χ2v) is 7.48. The Kier molecular flexibility index (Phi) is 5.39. The number of hydrogen-bond acceptors (Lipinski definition) is 5. The van der Waals surface area contributed by atoms with E-state index >= 15 is 0 Å². The summed E-state index contributed by atoms with van der Waals surface area (Å²) in [6.45, 7) is 9.36. The van der Waals surface area contributed by atoms with Gasteiger partial charge >= 0.3 is 0 Å². The first kappa shape index (κ1) is 18.1. The van der Waals surface area contributed by atoms with E-state index in [4.69, 9.17) is 4.74 Å². The monoisotopic (exact) mass is 346 g/mol. The van der Waals surface area contributed by atoms with Crippen LogP contribution in [0.2, 0.25) is 0 Å². The minimum Gasteiger partial charge on any atom is -0.481 e.